The number of rotatable bonds is 4. The smallest absolute Gasteiger partial charge is 0.308 e. The fraction of sp³-hybridized carbons (Fsp3) is 0.333. The number of carbonyl (C=O) groups excluding carboxylic acids is 1. The molecule has 1 aliphatic rings. The molecule has 21 heavy (non-hydrogen) atoms. The van der Waals surface area contributed by atoms with Crippen molar-refractivity contribution in [3.63, 3.8) is 0 Å². The lowest BCUT2D eigenvalue weighted by Crippen LogP contribution is -2.39. The van der Waals surface area contributed by atoms with E-state index in [4.69, 9.17) is 28.3 Å². The Morgan fingerprint density at radius 1 is 1.24 bits per heavy atom. The molecule has 2 unspecified atom stereocenters. The van der Waals surface area contributed by atoms with Crippen LogP contribution in [0.4, 0.5) is 0 Å². The molecule has 4 nitrogen and oxygen atoms in total. The summed E-state index contributed by atoms with van der Waals surface area (Å²) in [4.78, 5) is 22.9. The molecule has 1 amide bonds. The lowest BCUT2D eigenvalue weighted by molar-refractivity contribution is -0.142. The molecule has 2 atom stereocenters. The van der Waals surface area contributed by atoms with Crippen LogP contribution < -0.4 is 5.32 Å². The largest absolute Gasteiger partial charge is 0.481 e. The van der Waals surface area contributed by atoms with Crippen molar-refractivity contribution in [2.24, 2.45) is 5.92 Å². The van der Waals surface area contributed by atoms with Crippen LogP contribution in [0.2, 0.25) is 10.0 Å². The van der Waals surface area contributed by atoms with Crippen molar-refractivity contribution in [3.8, 4) is 0 Å². The number of carboxylic acids is 1. The van der Waals surface area contributed by atoms with Gasteiger partial charge in [0.1, 0.15) is 0 Å². The van der Waals surface area contributed by atoms with Crippen LogP contribution in [0, 0.1) is 5.92 Å². The molecule has 0 radical (unpaired) electrons. The highest BCUT2D eigenvalue weighted by Gasteiger charge is 2.33. The first-order valence-corrected chi connectivity index (χ1v) is 7.39. The van der Waals surface area contributed by atoms with Gasteiger partial charge in [0.15, 0.2) is 0 Å². The monoisotopic (exact) mass is 327 g/mol. The third-order valence-corrected chi connectivity index (χ3v) is 4.27. The van der Waals surface area contributed by atoms with E-state index < -0.39 is 11.9 Å². The van der Waals surface area contributed by atoms with Gasteiger partial charge in [-0.3, -0.25) is 9.59 Å². The molecule has 0 saturated heterocycles. The van der Waals surface area contributed by atoms with Gasteiger partial charge in [0.25, 0.3) is 0 Å². The van der Waals surface area contributed by atoms with Crippen molar-refractivity contribution in [1.82, 2.24) is 5.32 Å². The average Bonchev–Trinajstić information content (AvgIpc) is 2.88. The Morgan fingerprint density at radius 3 is 2.67 bits per heavy atom. The second-order valence-corrected chi connectivity index (χ2v) is 5.81. The second-order valence-electron chi connectivity index (χ2n) is 5.00. The van der Waals surface area contributed by atoms with Crippen LogP contribution in [0.1, 0.15) is 24.8 Å². The summed E-state index contributed by atoms with van der Waals surface area (Å²) in [6, 6.07) is 4.75. The van der Waals surface area contributed by atoms with Crippen molar-refractivity contribution in [2.45, 2.75) is 25.3 Å². The minimum atomic E-state index is -0.855. The molecular formula is C15H15Cl2NO3. The number of nitrogens with one attached hydrogen (secondary N) is 1. The van der Waals surface area contributed by atoms with Gasteiger partial charge in [0.05, 0.1) is 16.0 Å². The second kappa shape index (κ2) is 6.96. The van der Waals surface area contributed by atoms with Gasteiger partial charge in [-0.15, -0.1) is 0 Å². The van der Waals surface area contributed by atoms with Gasteiger partial charge >= 0.3 is 5.97 Å². The molecule has 1 saturated carbocycles. The molecule has 0 heterocycles. The van der Waals surface area contributed by atoms with Gasteiger partial charge in [-0.05, 0) is 36.6 Å². The molecule has 1 aromatic carbocycles. The molecule has 112 valence electrons. The highest BCUT2D eigenvalue weighted by atomic mass is 35.5. The van der Waals surface area contributed by atoms with Gasteiger partial charge in [-0.25, -0.2) is 0 Å². The first kappa shape index (κ1) is 15.9. The Bertz CT molecular complexity index is 586. The molecule has 2 rings (SSSR count). The molecule has 0 bridgehead atoms. The highest BCUT2D eigenvalue weighted by Crippen LogP contribution is 2.26. The van der Waals surface area contributed by atoms with E-state index in [0.717, 1.165) is 12.0 Å². The summed E-state index contributed by atoms with van der Waals surface area (Å²) >= 11 is 11.7. The Labute approximate surface area is 132 Å². The van der Waals surface area contributed by atoms with Crippen LogP contribution in [0.5, 0.6) is 0 Å². The summed E-state index contributed by atoms with van der Waals surface area (Å²) in [6.07, 6.45) is 5.11. The number of halogens is 2. The Kier molecular flexibility index (Phi) is 5.26. The van der Waals surface area contributed by atoms with E-state index in [9.17, 15) is 9.59 Å². The SMILES string of the molecule is O=C(C=Cc1ccc(Cl)c(Cl)c1)NC1CCCC1C(=O)O. The Hall–Kier alpha value is -1.52. The van der Waals surface area contributed by atoms with Crippen molar-refractivity contribution in [3.05, 3.63) is 39.9 Å². The Morgan fingerprint density at radius 2 is 2.00 bits per heavy atom. The molecule has 6 heteroatoms. The number of hydrogen-bond donors (Lipinski definition) is 2. The summed E-state index contributed by atoms with van der Waals surface area (Å²) in [7, 11) is 0. The van der Waals surface area contributed by atoms with Gasteiger partial charge in [-0.1, -0.05) is 35.7 Å². The lowest BCUT2D eigenvalue weighted by Gasteiger charge is -2.16. The zero-order chi connectivity index (χ0) is 15.4. The standard InChI is InChI=1S/C15H15Cl2NO3/c16-11-6-4-9(8-12(11)17)5-7-14(19)18-13-3-1-2-10(13)15(20)21/h4-8,10,13H,1-3H2,(H,18,19)(H,20,21). The van der Waals surface area contributed by atoms with E-state index >= 15 is 0 Å². The molecular weight excluding hydrogens is 313 g/mol. The average molecular weight is 328 g/mol. The van der Waals surface area contributed by atoms with E-state index in [1.165, 1.54) is 6.08 Å². The number of hydrogen-bond acceptors (Lipinski definition) is 2. The fourth-order valence-electron chi connectivity index (χ4n) is 2.45. The predicted octanol–water partition coefficient (Wildman–Crippen LogP) is 3.38. The number of carbonyl (C=O) groups is 2. The predicted molar refractivity (Wildman–Crippen MR) is 82.4 cm³/mol. The van der Waals surface area contributed by atoms with Crippen molar-refractivity contribution >= 4 is 41.2 Å². The number of benzene rings is 1. The third kappa shape index (κ3) is 4.22. The topological polar surface area (TPSA) is 66.4 Å². The van der Waals surface area contributed by atoms with Crippen LogP contribution in [-0.4, -0.2) is 23.0 Å². The first-order chi connectivity index (χ1) is 9.97. The third-order valence-electron chi connectivity index (χ3n) is 3.53. The van der Waals surface area contributed by atoms with Crippen molar-refractivity contribution < 1.29 is 14.7 Å². The molecule has 0 spiro atoms. The molecule has 1 aliphatic carbocycles. The first-order valence-electron chi connectivity index (χ1n) is 6.64. The normalized spacial score (nSPS) is 21.6. The van der Waals surface area contributed by atoms with Crippen LogP contribution in [0.15, 0.2) is 24.3 Å². The molecule has 2 N–H and O–H groups in total. The van der Waals surface area contributed by atoms with E-state index in [1.54, 1.807) is 24.3 Å². The minimum Gasteiger partial charge on any atom is -0.481 e. The maximum atomic E-state index is 11.8. The van der Waals surface area contributed by atoms with Crippen molar-refractivity contribution in [2.75, 3.05) is 0 Å². The number of aliphatic carboxylic acids is 1. The Balaban J connectivity index is 1.96. The molecule has 0 aromatic heterocycles. The van der Waals surface area contributed by atoms with Gasteiger partial charge in [0.2, 0.25) is 5.91 Å². The highest BCUT2D eigenvalue weighted by molar-refractivity contribution is 6.42. The summed E-state index contributed by atoms with van der Waals surface area (Å²) in [5, 5.41) is 12.7. The zero-order valence-corrected chi connectivity index (χ0v) is 12.7. The van der Waals surface area contributed by atoms with E-state index in [2.05, 4.69) is 5.32 Å². The molecule has 1 aromatic rings. The van der Waals surface area contributed by atoms with Crippen LogP contribution in [-0.2, 0) is 9.59 Å². The quantitative estimate of drug-likeness (QED) is 0.833. The number of amides is 1. The summed E-state index contributed by atoms with van der Waals surface area (Å²) < 4.78 is 0. The minimum absolute atomic E-state index is 0.298. The maximum Gasteiger partial charge on any atom is 0.308 e. The molecule has 0 aliphatic heterocycles. The van der Waals surface area contributed by atoms with Crippen molar-refractivity contribution in [1.29, 1.82) is 0 Å². The fourth-order valence-corrected chi connectivity index (χ4v) is 2.75. The maximum absolute atomic E-state index is 11.8. The molecule has 1 fully saturated rings. The van der Waals surface area contributed by atoms with Crippen LogP contribution >= 0.6 is 23.2 Å². The summed E-state index contributed by atoms with van der Waals surface area (Å²) in [5.41, 5.74) is 0.751. The van der Waals surface area contributed by atoms with Gasteiger partial charge in [-0.2, -0.15) is 0 Å². The van der Waals surface area contributed by atoms with E-state index in [0.29, 0.717) is 22.9 Å². The van der Waals surface area contributed by atoms with Crippen LogP contribution in [0.25, 0.3) is 6.08 Å². The van der Waals surface area contributed by atoms with Gasteiger partial charge in [0, 0.05) is 12.1 Å². The summed E-state index contributed by atoms with van der Waals surface area (Å²) in [6.45, 7) is 0. The zero-order valence-electron chi connectivity index (χ0n) is 11.2. The van der Waals surface area contributed by atoms with E-state index in [-0.39, 0.29) is 11.9 Å². The summed E-state index contributed by atoms with van der Waals surface area (Å²) in [5.74, 6) is -1.65. The van der Waals surface area contributed by atoms with Crippen LogP contribution in [0.3, 0.4) is 0 Å². The van der Waals surface area contributed by atoms with Gasteiger partial charge < -0.3 is 10.4 Å². The lowest BCUT2D eigenvalue weighted by atomic mass is 10.0. The van der Waals surface area contributed by atoms with E-state index in [1.807, 2.05) is 0 Å². The number of carboxylic acid groups (broad SMARTS) is 1.